The molecule has 2 aromatic rings. The van der Waals surface area contributed by atoms with Crippen molar-refractivity contribution in [2.45, 2.75) is 58.8 Å². The first kappa shape index (κ1) is 23.5. The summed E-state index contributed by atoms with van der Waals surface area (Å²) in [6, 6.07) is 3.62. The van der Waals surface area contributed by atoms with Gasteiger partial charge in [-0.25, -0.2) is 9.78 Å². The number of nitrogens with zero attached hydrogens (tertiary/aromatic N) is 5. The molecule has 0 aromatic carbocycles. The zero-order chi connectivity index (χ0) is 24.1. The van der Waals surface area contributed by atoms with Gasteiger partial charge in [0.1, 0.15) is 5.69 Å². The number of hydrogen-bond acceptors (Lipinski definition) is 5. The van der Waals surface area contributed by atoms with Crippen LogP contribution in [0, 0.1) is 5.92 Å². The Morgan fingerprint density at radius 2 is 2.00 bits per heavy atom. The number of carbonyl (C=O) groups excluding carboxylic acids is 2. The van der Waals surface area contributed by atoms with Crippen molar-refractivity contribution in [3.63, 3.8) is 0 Å². The Bertz CT molecular complexity index is 1050. The SMILES string of the molecule is CC(C)[C@H]1CN(C)C(C)CN1C(=O)N1Cc2c(NC(=O)c3ccc(Cl)cn3)n[nH]c2C1(C)C. The summed E-state index contributed by atoms with van der Waals surface area (Å²) in [5, 5.41) is 10.7. The largest absolute Gasteiger partial charge is 0.321 e. The first-order chi connectivity index (χ1) is 15.5. The molecule has 4 rings (SSSR count). The minimum Gasteiger partial charge on any atom is -0.319 e. The second-order valence-electron chi connectivity index (χ2n) is 9.92. The molecular weight excluding hydrogens is 442 g/mol. The van der Waals surface area contributed by atoms with Crippen LogP contribution < -0.4 is 5.32 Å². The molecule has 1 fully saturated rings. The lowest BCUT2D eigenvalue weighted by atomic mass is 9.97. The Balaban J connectivity index is 1.56. The Morgan fingerprint density at radius 1 is 1.27 bits per heavy atom. The van der Waals surface area contributed by atoms with Crippen LogP contribution in [0.25, 0.3) is 0 Å². The maximum atomic E-state index is 13.8. The third kappa shape index (κ3) is 4.19. The zero-order valence-corrected chi connectivity index (χ0v) is 20.8. The normalized spacial score (nSPS) is 22.5. The van der Waals surface area contributed by atoms with Crippen molar-refractivity contribution in [1.82, 2.24) is 29.9 Å². The molecule has 178 valence electrons. The number of likely N-dealkylation sites (N-methyl/N-ethyl adjacent to an activating group) is 1. The average Bonchev–Trinajstić information content (AvgIpc) is 3.27. The van der Waals surface area contributed by atoms with Crippen LogP contribution in [0.15, 0.2) is 18.3 Å². The van der Waals surface area contributed by atoms with Crippen molar-refractivity contribution in [2.24, 2.45) is 5.92 Å². The van der Waals surface area contributed by atoms with Gasteiger partial charge in [0.15, 0.2) is 5.82 Å². The highest BCUT2D eigenvalue weighted by Gasteiger charge is 2.47. The molecule has 0 saturated carbocycles. The first-order valence-corrected chi connectivity index (χ1v) is 11.7. The fourth-order valence-electron chi connectivity index (χ4n) is 4.69. The predicted octanol–water partition coefficient (Wildman–Crippen LogP) is 3.54. The van der Waals surface area contributed by atoms with Crippen LogP contribution >= 0.6 is 11.6 Å². The van der Waals surface area contributed by atoms with E-state index in [1.807, 2.05) is 23.6 Å². The number of hydrogen-bond donors (Lipinski definition) is 2. The van der Waals surface area contributed by atoms with E-state index in [4.69, 9.17) is 11.6 Å². The number of halogens is 1. The lowest BCUT2D eigenvalue weighted by molar-refractivity contribution is 0.0255. The Labute approximate surface area is 199 Å². The van der Waals surface area contributed by atoms with Gasteiger partial charge in [-0.3, -0.25) is 14.8 Å². The molecule has 3 amide bonds. The van der Waals surface area contributed by atoms with Crippen molar-refractivity contribution in [3.05, 3.63) is 40.3 Å². The van der Waals surface area contributed by atoms with E-state index in [0.29, 0.717) is 29.8 Å². The molecule has 0 bridgehead atoms. The Hall–Kier alpha value is -2.65. The smallest absolute Gasteiger partial charge is 0.319 e. The van der Waals surface area contributed by atoms with Crippen LogP contribution in [0.3, 0.4) is 0 Å². The maximum absolute atomic E-state index is 13.8. The Kier molecular flexibility index (Phi) is 6.13. The lowest BCUT2D eigenvalue weighted by Crippen LogP contribution is -2.62. The number of fused-ring (bicyclic) bond motifs is 1. The topological polar surface area (TPSA) is 97.5 Å². The second-order valence-corrected chi connectivity index (χ2v) is 10.4. The van der Waals surface area contributed by atoms with E-state index in [1.54, 1.807) is 12.1 Å². The molecule has 2 N–H and O–H groups in total. The van der Waals surface area contributed by atoms with Crippen molar-refractivity contribution < 1.29 is 9.59 Å². The van der Waals surface area contributed by atoms with Gasteiger partial charge in [0.2, 0.25) is 0 Å². The van der Waals surface area contributed by atoms with Gasteiger partial charge < -0.3 is 15.1 Å². The van der Waals surface area contributed by atoms with Crippen LogP contribution in [0.2, 0.25) is 5.02 Å². The number of anilines is 1. The number of pyridine rings is 1. The molecule has 2 aromatic heterocycles. The van der Waals surface area contributed by atoms with E-state index in [9.17, 15) is 9.59 Å². The predicted molar refractivity (Wildman–Crippen MR) is 127 cm³/mol. The summed E-state index contributed by atoms with van der Waals surface area (Å²) in [5.74, 6) is 0.384. The summed E-state index contributed by atoms with van der Waals surface area (Å²) in [5.41, 5.74) is 1.31. The summed E-state index contributed by atoms with van der Waals surface area (Å²) in [4.78, 5) is 36.8. The fourth-order valence-corrected chi connectivity index (χ4v) is 4.80. The van der Waals surface area contributed by atoms with Gasteiger partial charge in [-0.15, -0.1) is 0 Å². The average molecular weight is 474 g/mol. The van der Waals surface area contributed by atoms with Crippen LogP contribution in [0.4, 0.5) is 10.6 Å². The number of nitrogens with one attached hydrogen (secondary N) is 2. The van der Waals surface area contributed by atoms with E-state index < -0.39 is 5.54 Å². The zero-order valence-electron chi connectivity index (χ0n) is 20.0. The maximum Gasteiger partial charge on any atom is 0.321 e. The number of rotatable bonds is 3. The van der Waals surface area contributed by atoms with Crippen LogP contribution in [-0.2, 0) is 12.1 Å². The summed E-state index contributed by atoms with van der Waals surface area (Å²) < 4.78 is 0. The molecule has 0 spiro atoms. The number of aromatic nitrogens is 3. The van der Waals surface area contributed by atoms with Gasteiger partial charge >= 0.3 is 6.03 Å². The van der Waals surface area contributed by atoms with Crippen LogP contribution in [0.1, 0.15) is 56.4 Å². The van der Waals surface area contributed by atoms with Crippen molar-refractivity contribution in [2.75, 3.05) is 25.5 Å². The summed E-state index contributed by atoms with van der Waals surface area (Å²) in [7, 11) is 2.11. The molecule has 2 atom stereocenters. The van der Waals surface area contributed by atoms with Crippen LogP contribution in [-0.4, -0.2) is 74.0 Å². The van der Waals surface area contributed by atoms with E-state index in [-0.39, 0.29) is 29.7 Å². The van der Waals surface area contributed by atoms with Gasteiger partial charge in [0.05, 0.1) is 22.8 Å². The highest BCUT2D eigenvalue weighted by atomic mass is 35.5. The third-order valence-corrected chi connectivity index (χ3v) is 7.22. The minimum absolute atomic E-state index is 0.0138. The molecule has 1 saturated heterocycles. The fraction of sp³-hybridized carbons (Fsp3) is 0.565. The standard InChI is InChI=1S/C23H32ClN7O2/c1-13(2)18-12-29(6)14(3)10-30(18)22(33)31-11-16-19(23(31,4)5)27-28-20(16)26-21(32)17-8-7-15(24)9-25-17/h7-9,13-14,18H,10-12H2,1-6H3,(H2,26,27,28,32)/t14?,18-/m1/s1. The summed E-state index contributed by atoms with van der Waals surface area (Å²) in [6.07, 6.45) is 1.43. The monoisotopic (exact) mass is 473 g/mol. The number of carbonyl (C=O) groups is 2. The highest BCUT2D eigenvalue weighted by Crippen LogP contribution is 2.41. The number of amides is 3. The van der Waals surface area contributed by atoms with Crippen LogP contribution in [0.5, 0.6) is 0 Å². The first-order valence-electron chi connectivity index (χ1n) is 11.3. The number of H-pyrrole nitrogens is 1. The molecular formula is C23H32ClN7O2. The van der Waals surface area contributed by atoms with Gasteiger partial charge in [-0.1, -0.05) is 25.4 Å². The van der Waals surface area contributed by atoms with Gasteiger partial charge in [-0.05, 0) is 45.9 Å². The number of urea groups is 1. The van der Waals surface area contributed by atoms with Gasteiger partial charge in [-0.2, -0.15) is 5.10 Å². The van der Waals surface area contributed by atoms with Gasteiger partial charge in [0, 0.05) is 36.9 Å². The molecule has 10 heteroatoms. The molecule has 1 unspecified atom stereocenters. The van der Waals surface area contributed by atoms with Gasteiger partial charge in [0.25, 0.3) is 5.91 Å². The number of piperazine rings is 1. The van der Waals surface area contributed by atoms with E-state index in [1.165, 1.54) is 6.20 Å². The third-order valence-electron chi connectivity index (χ3n) is 7.00. The van der Waals surface area contributed by atoms with E-state index in [2.05, 4.69) is 53.2 Å². The molecule has 9 nitrogen and oxygen atoms in total. The molecule has 0 aliphatic carbocycles. The molecule has 4 heterocycles. The molecule has 33 heavy (non-hydrogen) atoms. The summed E-state index contributed by atoms with van der Waals surface area (Å²) >= 11 is 5.87. The number of aromatic amines is 1. The lowest BCUT2D eigenvalue weighted by Gasteiger charge is -2.48. The molecule has 2 aliphatic rings. The minimum atomic E-state index is -0.588. The molecule has 2 aliphatic heterocycles. The second kappa shape index (κ2) is 8.61. The van der Waals surface area contributed by atoms with Crippen molar-refractivity contribution >= 4 is 29.4 Å². The van der Waals surface area contributed by atoms with Crippen molar-refractivity contribution in [1.29, 1.82) is 0 Å². The molecule has 0 radical (unpaired) electrons. The highest BCUT2D eigenvalue weighted by molar-refractivity contribution is 6.30. The Morgan fingerprint density at radius 3 is 2.64 bits per heavy atom. The van der Waals surface area contributed by atoms with Crippen molar-refractivity contribution in [3.8, 4) is 0 Å². The van der Waals surface area contributed by atoms with E-state index in [0.717, 1.165) is 17.8 Å². The quantitative estimate of drug-likeness (QED) is 0.710. The summed E-state index contributed by atoms with van der Waals surface area (Å²) in [6.45, 7) is 12.4. The van der Waals surface area contributed by atoms with E-state index >= 15 is 0 Å².